The predicted octanol–water partition coefficient (Wildman–Crippen LogP) is 3.03. The summed E-state index contributed by atoms with van der Waals surface area (Å²) in [7, 11) is 0. The van der Waals surface area contributed by atoms with Crippen molar-refractivity contribution in [1.82, 2.24) is 9.78 Å². The Balaban J connectivity index is 2.16. The second kappa shape index (κ2) is 4.24. The molecule has 3 rings (SSSR count). The molecule has 0 aliphatic rings. The van der Waals surface area contributed by atoms with Crippen LogP contribution in [0.1, 0.15) is 16.2 Å². The maximum absolute atomic E-state index is 10.9. The van der Waals surface area contributed by atoms with Crippen molar-refractivity contribution in [2.45, 2.75) is 6.92 Å². The van der Waals surface area contributed by atoms with E-state index in [2.05, 4.69) is 5.10 Å². The van der Waals surface area contributed by atoms with E-state index < -0.39 is 5.97 Å². The number of carboxylic acids is 1. The Bertz CT molecular complexity index is 775. The zero-order chi connectivity index (χ0) is 13.4. The summed E-state index contributed by atoms with van der Waals surface area (Å²) in [5.74, 6) is -1.01. The average Bonchev–Trinajstić information content (AvgIpc) is 2.80. The van der Waals surface area contributed by atoms with Crippen molar-refractivity contribution in [3.63, 3.8) is 0 Å². The molecule has 0 atom stereocenters. The summed E-state index contributed by atoms with van der Waals surface area (Å²) in [5, 5.41) is 15.3. The van der Waals surface area contributed by atoms with Crippen LogP contribution in [0, 0.1) is 6.92 Å². The molecule has 4 heteroatoms. The van der Waals surface area contributed by atoms with Gasteiger partial charge in [-0.25, -0.2) is 9.48 Å². The monoisotopic (exact) mass is 252 g/mol. The molecule has 0 fully saturated rings. The van der Waals surface area contributed by atoms with Gasteiger partial charge in [0.15, 0.2) is 5.69 Å². The SMILES string of the molecule is Cc1cc(C(=O)O)nn1-c1ccc2ccccc2c1. The molecule has 0 bridgehead atoms. The van der Waals surface area contributed by atoms with E-state index in [4.69, 9.17) is 5.11 Å². The minimum atomic E-state index is -1.01. The summed E-state index contributed by atoms with van der Waals surface area (Å²) in [5.41, 5.74) is 1.72. The highest BCUT2D eigenvalue weighted by Gasteiger charge is 2.11. The zero-order valence-electron chi connectivity index (χ0n) is 10.4. The Morgan fingerprint density at radius 1 is 1.11 bits per heavy atom. The third-order valence-corrected chi connectivity index (χ3v) is 3.08. The molecule has 0 spiro atoms. The van der Waals surface area contributed by atoms with Crippen LogP contribution in [0.2, 0.25) is 0 Å². The molecule has 94 valence electrons. The normalized spacial score (nSPS) is 10.8. The number of carboxylic acid groups (broad SMARTS) is 1. The molecule has 2 aromatic carbocycles. The van der Waals surface area contributed by atoms with E-state index in [-0.39, 0.29) is 5.69 Å². The fourth-order valence-electron chi connectivity index (χ4n) is 2.15. The number of nitrogens with zero attached hydrogens (tertiary/aromatic N) is 2. The number of aryl methyl sites for hydroxylation is 1. The van der Waals surface area contributed by atoms with Gasteiger partial charge >= 0.3 is 5.97 Å². The van der Waals surface area contributed by atoms with Crippen LogP contribution in [-0.2, 0) is 0 Å². The van der Waals surface area contributed by atoms with Crippen LogP contribution in [0.3, 0.4) is 0 Å². The summed E-state index contributed by atoms with van der Waals surface area (Å²) in [6, 6.07) is 15.5. The molecule has 4 nitrogen and oxygen atoms in total. The molecule has 19 heavy (non-hydrogen) atoms. The maximum atomic E-state index is 10.9. The third kappa shape index (κ3) is 1.97. The molecule has 1 N–H and O–H groups in total. The fraction of sp³-hybridized carbons (Fsp3) is 0.0667. The number of carbonyl (C=O) groups is 1. The molecular formula is C15H12N2O2. The quantitative estimate of drug-likeness (QED) is 0.762. The van der Waals surface area contributed by atoms with Crippen molar-refractivity contribution in [2.24, 2.45) is 0 Å². The largest absolute Gasteiger partial charge is 0.476 e. The lowest BCUT2D eigenvalue weighted by Gasteiger charge is -2.05. The summed E-state index contributed by atoms with van der Waals surface area (Å²) in [4.78, 5) is 10.9. The van der Waals surface area contributed by atoms with Gasteiger partial charge in [0.1, 0.15) is 0 Å². The number of hydrogen-bond acceptors (Lipinski definition) is 2. The molecular weight excluding hydrogens is 240 g/mol. The maximum Gasteiger partial charge on any atom is 0.356 e. The second-order valence-corrected chi connectivity index (χ2v) is 4.42. The molecule has 0 saturated carbocycles. The first-order chi connectivity index (χ1) is 9.15. The first kappa shape index (κ1) is 11.5. The molecule has 0 saturated heterocycles. The van der Waals surface area contributed by atoms with Gasteiger partial charge in [-0.05, 0) is 35.9 Å². The van der Waals surface area contributed by atoms with Gasteiger partial charge in [0.05, 0.1) is 5.69 Å². The van der Waals surface area contributed by atoms with E-state index in [1.165, 1.54) is 0 Å². The number of rotatable bonds is 2. The van der Waals surface area contributed by atoms with E-state index in [1.54, 1.807) is 10.7 Å². The molecule has 1 aromatic heterocycles. The van der Waals surface area contributed by atoms with Gasteiger partial charge < -0.3 is 5.11 Å². The minimum absolute atomic E-state index is 0.0608. The standard InChI is InChI=1S/C15H12N2O2/c1-10-8-14(15(18)19)16-17(10)13-7-6-11-4-2-3-5-12(11)9-13/h2-9H,1H3,(H,18,19). The number of benzene rings is 2. The zero-order valence-corrected chi connectivity index (χ0v) is 10.4. The van der Waals surface area contributed by atoms with Gasteiger partial charge in [-0.1, -0.05) is 30.3 Å². The van der Waals surface area contributed by atoms with Crippen LogP contribution in [0.5, 0.6) is 0 Å². The number of aromatic nitrogens is 2. The smallest absolute Gasteiger partial charge is 0.356 e. The van der Waals surface area contributed by atoms with Crippen molar-refractivity contribution in [3.8, 4) is 5.69 Å². The average molecular weight is 252 g/mol. The van der Waals surface area contributed by atoms with Gasteiger partial charge in [-0.2, -0.15) is 5.10 Å². The molecule has 0 amide bonds. The van der Waals surface area contributed by atoms with Crippen LogP contribution in [-0.4, -0.2) is 20.9 Å². The third-order valence-electron chi connectivity index (χ3n) is 3.08. The van der Waals surface area contributed by atoms with E-state index in [1.807, 2.05) is 49.4 Å². The van der Waals surface area contributed by atoms with Crippen molar-refractivity contribution in [1.29, 1.82) is 0 Å². The van der Waals surface area contributed by atoms with Crippen molar-refractivity contribution in [2.75, 3.05) is 0 Å². The Hall–Kier alpha value is -2.62. The van der Waals surface area contributed by atoms with Gasteiger partial charge in [-0.15, -0.1) is 0 Å². The first-order valence-electron chi connectivity index (χ1n) is 5.94. The van der Waals surface area contributed by atoms with Gasteiger partial charge in [0.25, 0.3) is 0 Å². The van der Waals surface area contributed by atoms with E-state index in [0.29, 0.717) is 0 Å². The lowest BCUT2D eigenvalue weighted by atomic mass is 10.1. The number of fused-ring (bicyclic) bond motifs is 1. The van der Waals surface area contributed by atoms with E-state index >= 15 is 0 Å². The highest BCUT2D eigenvalue weighted by molar-refractivity contribution is 5.86. The van der Waals surface area contributed by atoms with Crippen LogP contribution in [0.15, 0.2) is 48.5 Å². The van der Waals surface area contributed by atoms with E-state index in [9.17, 15) is 4.79 Å². The fourth-order valence-corrected chi connectivity index (χ4v) is 2.15. The van der Waals surface area contributed by atoms with E-state index in [0.717, 1.165) is 22.2 Å². The Kier molecular flexibility index (Phi) is 2.56. The molecule has 3 aromatic rings. The van der Waals surface area contributed by atoms with Crippen molar-refractivity contribution >= 4 is 16.7 Å². The number of aromatic carboxylic acids is 1. The molecule has 0 aliphatic heterocycles. The van der Waals surface area contributed by atoms with Gasteiger partial charge in [-0.3, -0.25) is 0 Å². The van der Waals surface area contributed by atoms with Crippen LogP contribution < -0.4 is 0 Å². The Morgan fingerprint density at radius 2 is 1.84 bits per heavy atom. The Labute approximate surface area is 109 Å². The molecule has 0 aliphatic carbocycles. The van der Waals surface area contributed by atoms with Crippen molar-refractivity contribution in [3.05, 3.63) is 59.9 Å². The Morgan fingerprint density at radius 3 is 2.53 bits per heavy atom. The molecule has 0 radical (unpaired) electrons. The van der Waals surface area contributed by atoms with Crippen molar-refractivity contribution < 1.29 is 9.90 Å². The predicted molar refractivity (Wildman–Crippen MR) is 72.8 cm³/mol. The van der Waals surface area contributed by atoms with Gasteiger partial charge in [0, 0.05) is 5.69 Å². The molecule has 1 heterocycles. The van der Waals surface area contributed by atoms with Crippen LogP contribution in [0.4, 0.5) is 0 Å². The summed E-state index contributed by atoms with van der Waals surface area (Å²) < 4.78 is 1.65. The summed E-state index contributed by atoms with van der Waals surface area (Å²) in [6.45, 7) is 1.84. The second-order valence-electron chi connectivity index (χ2n) is 4.42. The highest BCUT2D eigenvalue weighted by atomic mass is 16.4. The number of hydrogen-bond donors (Lipinski definition) is 1. The van der Waals surface area contributed by atoms with Crippen LogP contribution in [0.25, 0.3) is 16.5 Å². The minimum Gasteiger partial charge on any atom is -0.476 e. The summed E-state index contributed by atoms with van der Waals surface area (Å²) in [6.07, 6.45) is 0. The molecule has 0 unspecified atom stereocenters. The lowest BCUT2D eigenvalue weighted by molar-refractivity contribution is 0.0690. The topological polar surface area (TPSA) is 55.1 Å². The first-order valence-corrected chi connectivity index (χ1v) is 5.94. The highest BCUT2D eigenvalue weighted by Crippen LogP contribution is 2.19. The summed E-state index contributed by atoms with van der Waals surface area (Å²) >= 11 is 0. The van der Waals surface area contributed by atoms with Gasteiger partial charge in [0.2, 0.25) is 0 Å². The van der Waals surface area contributed by atoms with Crippen LogP contribution >= 0.6 is 0 Å². The lowest BCUT2D eigenvalue weighted by Crippen LogP contribution is -2.02.